The molecule has 1 heterocycles. The molecule has 7 nitrogen and oxygen atoms in total. The van der Waals surface area contributed by atoms with E-state index < -0.39 is 0 Å². The van der Waals surface area contributed by atoms with E-state index in [-0.39, 0.29) is 36.2 Å². The Kier molecular flexibility index (Phi) is 7.77. The van der Waals surface area contributed by atoms with Crippen molar-refractivity contribution in [2.24, 2.45) is 0 Å². The van der Waals surface area contributed by atoms with Gasteiger partial charge in [-0.3, -0.25) is 9.59 Å². The van der Waals surface area contributed by atoms with Crippen LogP contribution in [0.3, 0.4) is 0 Å². The van der Waals surface area contributed by atoms with Crippen molar-refractivity contribution in [1.29, 1.82) is 0 Å². The van der Waals surface area contributed by atoms with E-state index in [0.29, 0.717) is 23.1 Å². The second kappa shape index (κ2) is 10.7. The molecule has 0 saturated heterocycles. The van der Waals surface area contributed by atoms with Gasteiger partial charge in [0.15, 0.2) is 16.8 Å². The van der Waals surface area contributed by atoms with Crippen LogP contribution in [0.2, 0.25) is 0 Å². The van der Waals surface area contributed by atoms with E-state index in [1.165, 1.54) is 36.0 Å². The molecule has 0 aliphatic rings. The highest BCUT2D eigenvalue weighted by molar-refractivity contribution is 7.99. The van der Waals surface area contributed by atoms with E-state index in [1.54, 1.807) is 7.11 Å². The summed E-state index contributed by atoms with van der Waals surface area (Å²) >= 11 is 1.26. The van der Waals surface area contributed by atoms with Gasteiger partial charge in [-0.25, -0.2) is 4.39 Å². The van der Waals surface area contributed by atoms with Crippen molar-refractivity contribution in [3.05, 3.63) is 71.3 Å². The largest absolute Gasteiger partial charge is 0.497 e. The molecule has 0 fully saturated rings. The zero-order valence-electron chi connectivity index (χ0n) is 17.3. The Morgan fingerprint density at radius 1 is 1.10 bits per heavy atom. The summed E-state index contributed by atoms with van der Waals surface area (Å²) in [5, 5.41) is 11.7. The number of ether oxygens (including phenoxy) is 1. The molecule has 0 spiro atoms. The van der Waals surface area contributed by atoms with E-state index in [2.05, 4.69) is 15.5 Å². The number of carbonyl (C=O) groups is 2. The molecule has 1 aromatic heterocycles. The number of hydrogen-bond acceptors (Lipinski definition) is 6. The number of ketones is 1. The molecule has 0 radical (unpaired) electrons. The highest BCUT2D eigenvalue weighted by Crippen LogP contribution is 2.19. The van der Waals surface area contributed by atoms with Gasteiger partial charge in [0.1, 0.15) is 11.6 Å². The summed E-state index contributed by atoms with van der Waals surface area (Å²) in [5.41, 5.74) is 1.33. The number of hydrogen-bond donors (Lipinski definition) is 1. The standard InChI is InChI=1S/C22H23FN4O3S/c1-3-27-20(13-24-21(29)12-15-4-10-18(30-2)11-5-15)25-26-22(27)31-14-19(28)16-6-8-17(23)9-7-16/h4-11H,3,12-14H2,1-2H3,(H,24,29). The average molecular weight is 443 g/mol. The fourth-order valence-electron chi connectivity index (χ4n) is 2.89. The Labute approximate surface area is 184 Å². The lowest BCUT2D eigenvalue weighted by atomic mass is 10.1. The second-order valence-corrected chi connectivity index (χ2v) is 7.61. The number of nitrogens with one attached hydrogen (secondary N) is 1. The Morgan fingerprint density at radius 3 is 2.45 bits per heavy atom. The summed E-state index contributed by atoms with van der Waals surface area (Å²) in [6.07, 6.45) is 0.248. The number of benzene rings is 2. The number of halogens is 1. The molecule has 3 aromatic rings. The molecule has 0 atom stereocenters. The molecule has 1 amide bonds. The summed E-state index contributed by atoms with van der Waals surface area (Å²) in [6.45, 7) is 2.78. The van der Waals surface area contributed by atoms with Crippen molar-refractivity contribution < 1.29 is 18.7 Å². The van der Waals surface area contributed by atoms with E-state index >= 15 is 0 Å². The van der Waals surface area contributed by atoms with Crippen molar-refractivity contribution in [3.63, 3.8) is 0 Å². The zero-order valence-corrected chi connectivity index (χ0v) is 18.1. The molecule has 31 heavy (non-hydrogen) atoms. The van der Waals surface area contributed by atoms with Gasteiger partial charge in [0, 0.05) is 12.1 Å². The first-order valence-electron chi connectivity index (χ1n) is 9.73. The fraction of sp³-hybridized carbons (Fsp3) is 0.273. The molecule has 162 valence electrons. The molecular formula is C22H23FN4O3S. The first kappa shape index (κ1) is 22.5. The van der Waals surface area contributed by atoms with E-state index in [1.807, 2.05) is 35.8 Å². The van der Waals surface area contributed by atoms with Crippen molar-refractivity contribution in [1.82, 2.24) is 20.1 Å². The Balaban J connectivity index is 1.54. The number of methoxy groups -OCH3 is 1. The molecule has 0 saturated carbocycles. The van der Waals surface area contributed by atoms with Gasteiger partial charge in [0.25, 0.3) is 0 Å². The lowest BCUT2D eigenvalue weighted by molar-refractivity contribution is -0.120. The highest BCUT2D eigenvalue weighted by atomic mass is 32.2. The molecule has 1 N–H and O–H groups in total. The molecule has 2 aromatic carbocycles. The maximum atomic E-state index is 13.0. The Morgan fingerprint density at radius 2 is 1.81 bits per heavy atom. The van der Waals surface area contributed by atoms with Crippen LogP contribution < -0.4 is 10.1 Å². The van der Waals surface area contributed by atoms with Crippen LogP contribution in [0.25, 0.3) is 0 Å². The summed E-state index contributed by atoms with van der Waals surface area (Å²) in [7, 11) is 1.59. The van der Waals surface area contributed by atoms with Crippen LogP contribution in [-0.4, -0.2) is 39.3 Å². The summed E-state index contributed by atoms with van der Waals surface area (Å²) in [5.74, 6) is 0.883. The predicted octanol–water partition coefficient (Wildman–Crippen LogP) is 3.28. The van der Waals surface area contributed by atoms with Crippen LogP contribution >= 0.6 is 11.8 Å². The third kappa shape index (κ3) is 6.14. The van der Waals surface area contributed by atoms with Gasteiger partial charge in [-0.1, -0.05) is 23.9 Å². The van der Waals surface area contributed by atoms with E-state index in [0.717, 1.165) is 11.3 Å². The number of carbonyl (C=O) groups excluding carboxylic acids is 2. The van der Waals surface area contributed by atoms with E-state index in [4.69, 9.17) is 4.74 Å². The minimum Gasteiger partial charge on any atom is -0.497 e. The lowest BCUT2D eigenvalue weighted by Gasteiger charge is -2.09. The third-order valence-electron chi connectivity index (χ3n) is 4.58. The van der Waals surface area contributed by atoms with Crippen molar-refractivity contribution in [3.8, 4) is 5.75 Å². The molecule has 9 heteroatoms. The van der Waals surface area contributed by atoms with Crippen molar-refractivity contribution in [2.75, 3.05) is 12.9 Å². The van der Waals surface area contributed by atoms with Gasteiger partial charge in [-0.2, -0.15) is 0 Å². The summed E-state index contributed by atoms with van der Waals surface area (Å²) in [6, 6.07) is 12.8. The summed E-state index contributed by atoms with van der Waals surface area (Å²) in [4.78, 5) is 24.6. The van der Waals surface area contributed by atoms with E-state index in [9.17, 15) is 14.0 Å². The molecular weight excluding hydrogens is 419 g/mol. The zero-order chi connectivity index (χ0) is 22.2. The number of thioether (sulfide) groups is 1. The van der Waals surface area contributed by atoms with Crippen LogP contribution in [0.5, 0.6) is 5.75 Å². The predicted molar refractivity (Wildman–Crippen MR) is 116 cm³/mol. The van der Waals surface area contributed by atoms with Gasteiger partial charge >= 0.3 is 0 Å². The van der Waals surface area contributed by atoms with Crippen LogP contribution in [0.15, 0.2) is 53.7 Å². The van der Waals surface area contributed by atoms with Crippen LogP contribution in [-0.2, 0) is 24.3 Å². The van der Waals surface area contributed by atoms with Crippen LogP contribution in [0, 0.1) is 5.82 Å². The number of aromatic nitrogens is 3. The third-order valence-corrected chi connectivity index (χ3v) is 5.54. The van der Waals surface area contributed by atoms with Crippen molar-refractivity contribution >= 4 is 23.5 Å². The first-order chi connectivity index (χ1) is 15.0. The van der Waals surface area contributed by atoms with Gasteiger partial charge in [0.05, 0.1) is 25.8 Å². The van der Waals surface area contributed by atoms with Gasteiger partial charge in [-0.05, 0) is 48.9 Å². The van der Waals surface area contributed by atoms with Gasteiger partial charge < -0.3 is 14.6 Å². The van der Waals surface area contributed by atoms with Gasteiger partial charge in [0.2, 0.25) is 5.91 Å². The fourth-order valence-corrected chi connectivity index (χ4v) is 3.81. The smallest absolute Gasteiger partial charge is 0.224 e. The van der Waals surface area contributed by atoms with Crippen LogP contribution in [0.4, 0.5) is 4.39 Å². The SMILES string of the molecule is CCn1c(CNC(=O)Cc2ccc(OC)cc2)nnc1SCC(=O)c1ccc(F)cc1. The Hall–Kier alpha value is -3.20. The minimum absolute atomic E-state index is 0.120. The molecule has 3 rings (SSSR count). The monoisotopic (exact) mass is 442 g/mol. The highest BCUT2D eigenvalue weighted by Gasteiger charge is 2.15. The minimum atomic E-state index is -0.381. The molecule has 0 aliphatic heterocycles. The van der Waals surface area contributed by atoms with Crippen molar-refractivity contribution in [2.45, 2.75) is 31.6 Å². The first-order valence-corrected chi connectivity index (χ1v) is 10.7. The maximum Gasteiger partial charge on any atom is 0.224 e. The lowest BCUT2D eigenvalue weighted by Crippen LogP contribution is -2.26. The number of amides is 1. The number of Topliss-reactive ketones (excluding diaryl/α,β-unsaturated/α-hetero) is 1. The maximum absolute atomic E-state index is 13.0. The Bertz CT molecular complexity index is 1040. The topological polar surface area (TPSA) is 86.1 Å². The quantitative estimate of drug-likeness (QED) is 0.383. The number of rotatable bonds is 10. The second-order valence-electron chi connectivity index (χ2n) is 6.66. The molecule has 0 aliphatic carbocycles. The molecule has 0 bridgehead atoms. The van der Waals surface area contributed by atoms with Gasteiger partial charge in [-0.15, -0.1) is 10.2 Å². The van der Waals surface area contributed by atoms with Crippen LogP contribution in [0.1, 0.15) is 28.7 Å². The number of nitrogens with zero attached hydrogens (tertiary/aromatic N) is 3. The average Bonchev–Trinajstić information content (AvgIpc) is 3.18. The summed E-state index contributed by atoms with van der Waals surface area (Å²) < 4.78 is 20.0. The normalized spacial score (nSPS) is 10.7. The molecule has 0 unspecified atom stereocenters.